The Balaban J connectivity index is 0.00000220. The quantitative estimate of drug-likeness (QED) is 0.416. The van der Waals surface area contributed by atoms with Gasteiger partial charge in [0.1, 0.15) is 0 Å². The summed E-state index contributed by atoms with van der Waals surface area (Å²) < 4.78 is 0. The largest absolute Gasteiger partial charge is 1.00 e. The third-order valence-electron chi connectivity index (χ3n) is 3.24. The molecule has 4 nitrogen and oxygen atoms in total. The second kappa shape index (κ2) is 7.41. The van der Waals surface area contributed by atoms with Crippen molar-refractivity contribution in [2.45, 2.75) is 12.8 Å². The van der Waals surface area contributed by atoms with Crippen LogP contribution in [0.3, 0.4) is 0 Å². The SMILES string of the molecule is CC(C(=O)[O-])c1cccc(C(=O)c2ccccc2)c1N.[Na+]. The number of carbonyl (C=O) groups excluding carboxylic acids is 2. The van der Waals surface area contributed by atoms with Gasteiger partial charge in [-0.25, -0.2) is 0 Å². The average Bonchev–Trinajstić information content (AvgIpc) is 2.47. The third-order valence-corrected chi connectivity index (χ3v) is 3.24. The predicted molar refractivity (Wildman–Crippen MR) is 74.2 cm³/mol. The second-order valence-corrected chi connectivity index (χ2v) is 4.54. The third kappa shape index (κ3) is 3.73. The normalized spacial score (nSPS) is 11.3. The van der Waals surface area contributed by atoms with E-state index in [0.29, 0.717) is 16.7 Å². The van der Waals surface area contributed by atoms with Gasteiger partial charge in [0.2, 0.25) is 0 Å². The molecule has 2 rings (SSSR count). The van der Waals surface area contributed by atoms with Gasteiger partial charge in [-0.3, -0.25) is 4.79 Å². The first-order chi connectivity index (χ1) is 9.52. The van der Waals surface area contributed by atoms with Gasteiger partial charge in [-0.2, -0.15) is 0 Å². The molecule has 2 aromatic carbocycles. The van der Waals surface area contributed by atoms with Crippen molar-refractivity contribution in [3.05, 3.63) is 65.2 Å². The summed E-state index contributed by atoms with van der Waals surface area (Å²) in [4.78, 5) is 23.3. The van der Waals surface area contributed by atoms with Crippen molar-refractivity contribution < 1.29 is 44.3 Å². The number of nitrogens with two attached hydrogens (primary N) is 1. The van der Waals surface area contributed by atoms with Crippen molar-refractivity contribution in [1.29, 1.82) is 0 Å². The molecule has 0 aliphatic carbocycles. The van der Waals surface area contributed by atoms with Crippen LogP contribution in [-0.2, 0) is 4.79 Å². The first kappa shape index (κ1) is 17.4. The van der Waals surface area contributed by atoms with Gasteiger partial charge in [-0.05, 0) is 11.6 Å². The van der Waals surface area contributed by atoms with Gasteiger partial charge in [0.05, 0.1) is 0 Å². The van der Waals surface area contributed by atoms with E-state index in [-0.39, 0.29) is 41.0 Å². The number of carbonyl (C=O) groups is 2. The van der Waals surface area contributed by atoms with E-state index in [4.69, 9.17) is 5.73 Å². The van der Waals surface area contributed by atoms with Gasteiger partial charge < -0.3 is 15.6 Å². The van der Waals surface area contributed by atoms with E-state index in [1.807, 2.05) is 6.07 Å². The fourth-order valence-electron chi connectivity index (χ4n) is 2.03. The average molecular weight is 291 g/mol. The Kier molecular flexibility index (Phi) is 6.15. The van der Waals surface area contributed by atoms with E-state index in [1.165, 1.54) is 6.92 Å². The number of carboxylic acid groups (broad SMARTS) is 1. The van der Waals surface area contributed by atoms with Gasteiger partial charge in [0, 0.05) is 28.7 Å². The molecule has 102 valence electrons. The van der Waals surface area contributed by atoms with E-state index >= 15 is 0 Å². The summed E-state index contributed by atoms with van der Waals surface area (Å²) in [6.07, 6.45) is 0. The number of benzene rings is 2. The zero-order valence-corrected chi connectivity index (χ0v) is 14.0. The molecule has 0 aliphatic heterocycles. The van der Waals surface area contributed by atoms with E-state index in [2.05, 4.69) is 0 Å². The number of ketones is 1. The van der Waals surface area contributed by atoms with Crippen molar-refractivity contribution in [2.75, 3.05) is 5.73 Å². The Morgan fingerprint density at radius 2 is 1.67 bits per heavy atom. The summed E-state index contributed by atoms with van der Waals surface area (Å²) in [7, 11) is 0. The zero-order chi connectivity index (χ0) is 14.7. The molecule has 0 aromatic heterocycles. The minimum Gasteiger partial charge on any atom is -0.550 e. The molecule has 2 aromatic rings. The van der Waals surface area contributed by atoms with Crippen LogP contribution in [0, 0.1) is 0 Å². The van der Waals surface area contributed by atoms with Crippen LogP contribution in [0.4, 0.5) is 5.69 Å². The van der Waals surface area contributed by atoms with Crippen LogP contribution >= 0.6 is 0 Å². The molecule has 0 heterocycles. The molecule has 0 aliphatic rings. The predicted octanol–water partition coefficient (Wildman–Crippen LogP) is -1.64. The van der Waals surface area contributed by atoms with Crippen LogP contribution in [0.1, 0.15) is 34.3 Å². The summed E-state index contributed by atoms with van der Waals surface area (Å²) in [5.41, 5.74) is 7.35. The van der Waals surface area contributed by atoms with Gasteiger partial charge in [0.25, 0.3) is 0 Å². The van der Waals surface area contributed by atoms with Crippen LogP contribution in [0.5, 0.6) is 0 Å². The Morgan fingerprint density at radius 3 is 2.24 bits per heavy atom. The Bertz CT molecular complexity index is 656. The van der Waals surface area contributed by atoms with Gasteiger partial charge in [-0.15, -0.1) is 0 Å². The molecule has 2 N–H and O–H groups in total. The monoisotopic (exact) mass is 291 g/mol. The Labute approximate surface area is 145 Å². The summed E-state index contributed by atoms with van der Waals surface area (Å²) in [5.74, 6) is -2.31. The Hall–Kier alpha value is -1.62. The van der Waals surface area contributed by atoms with Crippen molar-refractivity contribution >= 4 is 17.4 Å². The molecule has 21 heavy (non-hydrogen) atoms. The molecule has 1 atom stereocenters. The number of anilines is 1. The molecule has 0 fully saturated rings. The van der Waals surface area contributed by atoms with Crippen LogP contribution in [-0.4, -0.2) is 11.8 Å². The van der Waals surface area contributed by atoms with Crippen molar-refractivity contribution in [3.63, 3.8) is 0 Å². The van der Waals surface area contributed by atoms with E-state index in [9.17, 15) is 14.7 Å². The summed E-state index contributed by atoms with van der Waals surface area (Å²) in [6.45, 7) is 1.48. The van der Waals surface area contributed by atoms with Crippen LogP contribution in [0.25, 0.3) is 0 Å². The first-order valence-corrected chi connectivity index (χ1v) is 6.21. The van der Waals surface area contributed by atoms with Crippen molar-refractivity contribution in [1.82, 2.24) is 0 Å². The maximum absolute atomic E-state index is 12.4. The molecular weight excluding hydrogens is 277 g/mol. The van der Waals surface area contributed by atoms with E-state index < -0.39 is 11.9 Å². The molecule has 0 bridgehead atoms. The molecule has 0 amide bonds. The van der Waals surface area contributed by atoms with Crippen LogP contribution < -0.4 is 40.4 Å². The minimum absolute atomic E-state index is 0. The maximum Gasteiger partial charge on any atom is 1.00 e. The molecule has 5 heteroatoms. The van der Waals surface area contributed by atoms with Gasteiger partial charge in [-0.1, -0.05) is 49.4 Å². The molecule has 1 unspecified atom stereocenters. The Morgan fingerprint density at radius 1 is 1.05 bits per heavy atom. The molecular formula is C16H14NNaO3. The fourth-order valence-corrected chi connectivity index (χ4v) is 2.03. The van der Waals surface area contributed by atoms with Crippen LogP contribution in [0.15, 0.2) is 48.5 Å². The number of aliphatic carboxylic acids is 1. The topological polar surface area (TPSA) is 83.2 Å². The number of hydrogen-bond donors (Lipinski definition) is 1. The maximum atomic E-state index is 12.4. The van der Waals surface area contributed by atoms with Gasteiger partial charge >= 0.3 is 29.6 Å². The van der Waals surface area contributed by atoms with Crippen LogP contribution in [0.2, 0.25) is 0 Å². The molecule has 0 saturated carbocycles. The summed E-state index contributed by atoms with van der Waals surface area (Å²) >= 11 is 0. The molecule has 0 saturated heterocycles. The summed E-state index contributed by atoms with van der Waals surface area (Å²) in [6, 6.07) is 13.5. The number of rotatable bonds is 4. The number of carboxylic acids is 1. The van der Waals surface area contributed by atoms with Gasteiger partial charge in [0.15, 0.2) is 5.78 Å². The number of hydrogen-bond acceptors (Lipinski definition) is 4. The van der Waals surface area contributed by atoms with E-state index in [0.717, 1.165) is 0 Å². The zero-order valence-electron chi connectivity index (χ0n) is 12.0. The first-order valence-electron chi connectivity index (χ1n) is 6.21. The minimum atomic E-state index is -1.22. The van der Waals surface area contributed by atoms with Crippen molar-refractivity contribution in [3.8, 4) is 0 Å². The second-order valence-electron chi connectivity index (χ2n) is 4.54. The molecule has 0 spiro atoms. The fraction of sp³-hybridized carbons (Fsp3) is 0.125. The number of nitrogen functional groups attached to an aromatic ring is 1. The molecule has 0 radical (unpaired) electrons. The van der Waals surface area contributed by atoms with E-state index in [1.54, 1.807) is 42.5 Å². The smallest absolute Gasteiger partial charge is 0.550 e. The summed E-state index contributed by atoms with van der Waals surface area (Å²) in [5, 5.41) is 11.0. The number of para-hydroxylation sites is 1. The standard InChI is InChI=1S/C16H15NO3.Na/c1-10(16(19)20)12-8-5-9-13(14(12)17)15(18)11-6-3-2-4-7-11;/h2-10H,17H2,1H3,(H,19,20);/q;+1/p-1. The van der Waals surface area contributed by atoms with Crippen molar-refractivity contribution in [2.24, 2.45) is 0 Å².